The Labute approximate surface area is 104 Å². The zero-order chi connectivity index (χ0) is 11.5. The number of nitrogen functional groups attached to an aromatic ring is 1. The first-order valence-electron chi connectivity index (χ1n) is 4.49. The van der Waals surface area contributed by atoms with Crippen LogP contribution in [0.15, 0.2) is 36.7 Å². The smallest absolute Gasteiger partial charge is 0.167 e. The van der Waals surface area contributed by atoms with Gasteiger partial charge >= 0.3 is 0 Å². The van der Waals surface area contributed by atoms with Crippen molar-refractivity contribution in [2.24, 2.45) is 0 Å². The number of anilines is 1. The summed E-state index contributed by atoms with van der Waals surface area (Å²) < 4.78 is 18.7. The Morgan fingerprint density at radius 1 is 1.24 bits per heavy atom. The lowest BCUT2D eigenvalue weighted by Gasteiger charge is -2.07. The molecule has 1 aromatic heterocycles. The number of nitrogens with two attached hydrogens (primary N) is 1. The number of pyridine rings is 1. The number of halogens is 2. The topological polar surface area (TPSA) is 48.1 Å². The van der Waals surface area contributed by atoms with Crippen LogP contribution in [-0.4, -0.2) is 4.98 Å². The van der Waals surface area contributed by atoms with E-state index >= 15 is 0 Å². The lowest BCUT2D eigenvalue weighted by Crippen LogP contribution is -1.92. The van der Waals surface area contributed by atoms with Crippen molar-refractivity contribution in [2.75, 3.05) is 5.73 Å². The van der Waals surface area contributed by atoms with E-state index in [0.717, 1.165) is 0 Å². The van der Waals surface area contributed by atoms with Crippen LogP contribution in [-0.2, 0) is 0 Å². The number of rotatable bonds is 2. The van der Waals surface area contributed by atoms with Crippen molar-refractivity contribution in [1.29, 1.82) is 0 Å². The Kier molecular flexibility index (Phi) is 4.29. The average molecular weight is 255 g/mol. The van der Waals surface area contributed by atoms with Crippen LogP contribution in [0.1, 0.15) is 7.43 Å². The maximum atomic E-state index is 13.4. The minimum Gasteiger partial charge on any atom is -0.453 e. The lowest BCUT2D eigenvalue weighted by molar-refractivity contribution is 0.442. The standard InChI is InChI=1S/C11H8ClFN2O.CH4/c12-8-6-15-4-3-10(8)16-11-2-1-7(14)5-9(11)13;/h1-6H,14H2;1H4. The molecular formula is C12H12ClFN2O. The summed E-state index contributed by atoms with van der Waals surface area (Å²) in [6.45, 7) is 0. The number of aromatic nitrogens is 1. The molecule has 2 rings (SSSR count). The molecule has 0 amide bonds. The van der Waals surface area contributed by atoms with E-state index in [-0.39, 0.29) is 13.2 Å². The van der Waals surface area contributed by atoms with E-state index in [1.807, 2.05) is 0 Å². The molecule has 1 aromatic carbocycles. The highest BCUT2D eigenvalue weighted by atomic mass is 35.5. The van der Waals surface area contributed by atoms with E-state index < -0.39 is 5.82 Å². The molecule has 0 radical (unpaired) electrons. The van der Waals surface area contributed by atoms with Crippen LogP contribution in [0.3, 0.4) is 0 Å². The number of hydrogen-bond donors (Lipinski definition) is 1. The third-order valence-electron chi connectivity index (χ3n) is 1.91. The predicted molar refractivity (Wildman–Crippen MR) is 66.9 cm³/mol. The first-order chi connectivity index (χ1) is 7.66. The third-order valence-corrected chi connectivity index (χ3v) is 2.19. The highest BCUT2D eigenvalue weighted by molar-refractivity contribution is 6.31. The fourth-order valence-electron chi connectivity index (χ4n) is 1.16. The summed E-state index contributed by atoms with van der Waals surface area (Å²) in [5, 5.41) is 0.318. The summed E-state index contributed by atoms with van der Waals surface area (Å²) in [6, 6.07) is 5.73. The quantitative estimate of drug-likeness (QED) is 0.827. The van der Waals surface area contributed by atoms with Gasteiger partial charge in [0.15, 0.2) is 11.6 Å². The molecular weight excluding hydrogens is 243 g/mol. The summed E-state index contributed by atoms with van der Waals surface area (Å²) in [5.41, 5.74) is 5.76. The van der Waals surface area contributed by atoms with Gasteiger partial charge in [-0.2, -0.15) is 0 Å². The molecule has 3 nitrogen and oxygen atoms in total. The van der Waals surface area contributed by atoms with Gasteiger partial charge in [-0.15, -0.1) is 0 Å². The zero-order valence-corrected chi connectivity index (χ0v) is 8.91. The van der Waals surface area contributed by atoms with Crippen molar-refractivity contribution in [3.8, 4) is 11.5 Å². The Bertz CT molecular complexity index is 520. The van der Waals surface area contributed by atoms with Gasteiger partial charge in [-0.05, 0) is 12.1 Å². The second kappa shape index (κ2) is 5.50. The molecule has 0 aliphatic carbocycles. The van der Waals surface area contributed by atoms with Crippen molar-refractivity contribution in [2.45, 2.75) is 7.43 Å². The Hall–Kier alpha value is -1.81. The van der Waals surface area contributed by atoms with Crippen LogP contribution < -0.4 is 10.5 Å². The van der Waals surface area contributed by atoms with Gasteiger partial charge in [-0.25, -0.2) is 4.39 Å². The fraction of sp³-hybridized carbons (Fsp3) is 0.0833. The van der Waals surface area contributed by atoms with Gasteiger partial charge in [0.2, 0.25) is 0 Å². The van der Waals surface area contributed by atoms with E-state index in [1.54, 1.807) is 12.1 Å². The molecule has 1 heterocycles. The molecule has 0 spiro atoms. The molecule has 2 aromatic rings. The van der Waals surface area contributed by atoms with E-state index in [4.69, 9.17) is 22.1 Å². The van der Waals surface area contributed by atoms with Crippen molar-refractivity contribution in [3.63, 3.8) is 0 Å². The van der Waals surface area contributed by atoms with Gasteiger partial charge in [0.1, 0.15) is 10.8 Å². The Morgan fingerprint density at radius 3 is 2.65 bits per heavy atom. The first-order valence-corrected chi connectivity index (χ1v) is 4.87. The van der Waals surface area contributed by atoms with E-state index in [9.17, 15) is 4.39 Å². The number of hydrogen-bond acceptors (Lipinski definition) is 3. The van der Waals surface area contributed by atoms with Crippen LogP contribution >= 0.6 is 11.6 Å². The molecule has 2 N–H and O–H groups in total. The molecule has 5 heteroatoms. The highest BCUT2D eigenvalue weighted by Crippen LogP contribution is 2.30. The van der Waals surface area contributed by atoms with Crippen molar-refractivity contribution in [1.82, 2.24) is 4.98 Å². The molecule has 0 aliphatic rings. The first kappa shape index (κ1) is 13.3. The van der Waals surface area contributed by atoms with Crippen LogP contribution in [0.5, 0.6) is 11.5 Å². The van der Waals surface area contributed by atoms with Crippen LogP contribution in [0, 0.1) is 5.82 Å². The third kappa shape index (κ3) is 3.07. The predicted octanol–water partition coefficient (Wildman–Crippen LogP) is 3.88. The summed E-state index contributed by atoms with van der Waals surface area (Å²) in [4.78, 5) is 3.80. The Balaban J connectivity index is 0.00000144. The fourth-order valence-corrected chi connectivity index (χ4v) is 1.32. The van der Waals surface area contributed by atoms with Gasteiger partial charge in [-0.3, -0.25) is 4.98 Å². The van der Waals surface area contributed by atoms with Crippen molar-refractivity contribution < 1.29 is 9.13 Å². The normalized spacial score (nSPS) is 9.53. The van der Waals surface area contributed by atoms with Gasteiger partial charge in [0.25, 0.3) is 0 Å². The minimum absolute atomic E-state index is 0. The molecule has 17 heavy (non-hydrogen) atoms. The van der Waals surface area contributed by atoms with Gasteiger partial charge < -0.3 is 10.5 Å². The van der Waals surface area contributed by atoms with Gasteiger partial charge in [0, 0.05) is 30.2 Å². The second-order valence-corrected chi connectivity index (χ2v) is 3.51. The monoisotopic (exact) mass is 254 g/mol. The van der Waals surface area contributed by atoms with Crippen LogP contribution in [0.2, 0.25) is 5.02 Å². The summed E-state index contributed by atoms with van der Waals surface area (Å²) in [5.74, 6) is -0.115. The maximum Gasteiger partial charge on any atom is 0.167 e. The van der Waals surface area contributed by atoms with Crippen molar-refractivity contribution in [3.05, 3.63) is 47.5 Å². The van der Waals surface area contributed by atoms with Crippen molar-refractivity contribution >= 4 is 17.3 Å². The van der Waals surface area contributed by atoms with Crippen LogP contribution in [0.25, 0.3) is 0 Å². The zero-order valence-electron chi connectivity index (χ0n) is 8.15. The minimum atomic E-state index is -0.534. The number of benzene rings is 1. The molecule has 0 atom stereocenters. The molecule has 0 saturated carbocycles. The summed E-state index contributed by atoms with van der Waals surface area (Å²) >= 11 is 5.82. The van der Waals surface area contributed by atoms with Gasteiger partial charge in [0.05, 0.1) is 0 Å². The van der Waals surface area contributed by atoms with E-state index in [1.165, 1.54) is 24.5 Å². The molecule has 0 saturated heterocycles. The summed E-state index contributed by atoms with van der Waals surface area (Å²) in [6.07, 6.45) is 2.93. The largest absolute Gasteiger partial charge is 0.453 e. The lowest BCUT2D eigenvalue weighted by atomic mass is 10.3. The summed E-state index contributed by atoms with van der Waals surface area (Å²) in [7, 11) is 0. The van der Waals surface area contributed by atoms with E-state index in [0.29, 0.717) is 16.5 Å². The maximum absolute atomic E-state index is 13.4. The molecule has 0 unspecified atom stereocenters. The number of nitrogens with zero attached hydrogens (tertiary/aromatic N) is 1. The molecule has 0 aliphatic heterocycles. The average Bonchev–Trinajstić information content (AvgIpc) is 2.25. The van der Waals surface area contributed by atoms with Crippen LogP contribution in [0.4, 0.5) is 10.1 Å². The SMILES string of the molecule is C.Nc1ccc(Oc2ccncc2Cl)c(F)c1. The highest BCUT2D eigenvalue weighted by Gasteiger charge is 2.07. The molecule has 0 bridgehead atoms. The van der Waals surface area contributed by atoms with E-state index in [2.05, 4.69) is 4.98 Å². The molecule has 0 fully saturated rings. The van der Waals surface area contributed by atoms with Gasteiger partial charge in [-0.1, -0.05) is 19.0 Å². The number of ether oxygens (including phenoxy) is 1. The Morgan fingerprint density at radius 2 is 2.00 bits per heavy atom. The molecule has 90 valence electrons. The second-order valence-electron chi connectivity index (χ2n) is 3.10.